The van der Waals surface area contributed by atoms with Crippen molar-refractivity contribution in [3.8, 4) is 5.75 Å². The second-order valence-corrected chi connectivity index (χ2v) is 6.33. The molecule has 0 amide bonds. The zero-order valence-corrected chi connectivity index (χ0v) is 12.6. The number of likely N-dealkylation sites (tertiary alicyclic amines) is 1. The Morgan fingerprint density at radius 1 is 1.23 bits per heavy atom. The van der Waals surface area contributed by atoms with E-state index < -0.39 is 17.4 Å². The Kier molecular flexibility index (Phi) is 4.20. The molecule has 3 rings (SSSR count). The number of carboxylic acids is 1. The number of carboxylic acid groups (broad SMARTS) is 1. The second-order valence-electron chi connectivity index (χ2n) is 6.33. The fraction of sp³-hybridized carbons (Fsp3) is 0.625. The van der Waals surface area contributed by atoms with Crippen LogP contribution < -0.4 is 5.43 Å². The summed E-state index contributed by atoms with van der Waals surface area (Å²) in [5.41, 5.74) is 0.415. The standard InChI is InChI=1S/C16H22N2O4/c19-14-8-12(9-17-7-3-6-13(17)16(21)22)18(10-15(14)20)11-4-1-2-5-11/h8,10-11,13,20H,1-7,9H2,(H,21,22). The van der Waals surface area contributed by atoms with Gasteiger partial charge in [-0.05, 0) is 32.2 Å². The fourth-order valence-electron chi connectivity index (χ4n) is 3.73. The first-order valence-electron chi connectivity index (χ1n) is 7.97. The van der Waals surface area contributed by atoms with Gasteiger partial charge in [0, 0.05) is 24.3 Å². The van der Waals surface area contributed by atoms with Crippen molar-refractivity contribution in [3.05, 3.63) is 28.2 Å². The Balaban J connectivity index is 1.90. The van der Waals surface area contributed by atoms with Crippen LogP contribution in [0.2, 0.25) is 0 Å². The number of hydrogen-bond acceptors (Lipinski definition) is 4. The monoisotopic (exact) mass is 306 g/mol. The zero-order chi connectivity index (χ0) is 15.7. The van der Waals surface area contributed by atoms with E-state index in [1.54, 1.807) is 0 Å². The summed E-state index contributed by atoms with van der Waals surface area (Å²) >= 11 is 0. The first-order valence-corrected chi connectivity index (χ1v) is 7.97. The van der Waals surface area contributed by atoms with E-state index in [1.807, 2.05) is 9.47 Å². The predicted molar refractivity (Wildman–Crippen MR) is 80.9 cm³/mol. The first-order chi connectivity index (χ1) is 10.6. The van der Waals surface area contributed by atoms with Gasteiger partial charge in [-0.25, -0.2) is 0 Å². The van der Waals surface area contributed by atoms with Crippen LogP contribution in [-0.2, 0) is 11.3 Å². The van der Waals surface area contributed by atoms with Gasteiger partial charge in [0.15, 0.2) is 5.75 Å². The van der Waals surface area contributed by atoms with Crippen LogP contribution in [0.15, 0.2) is 17.1 Å². The summed E-state index contributed by atoms with van der Waals surface area (Å²) in [6.45, 7) is 1.18. The highest BCUT2D eigenvalue weighted by Gasteiger charge is 2.31. The summed E-state index contributed by atoms with van der Waals surface area (Å²) in [5, 5.41) is 19.0. The summed E-state index contributed by atoms with van der Waals surface area (Å²) in [4.78, 5) is 25.0. The lowest BCUT2D eigenvalue weighted by molar-refractivity contribution is -0.142. The lowest BCUT2D eigenvalue weighted by Crippen LogP contribution is -2.36. The molecule has 1 aliphatic carbocycles. The molecule has 6 nitrogen and oxygen atoms in total. The molecule has 2 heterocycles. The Morgan fingerprint density at radius 3 is 2.64 bits per heavy atom. The Morgan fingerprint density at radius 2 is 1.95 bits per heavy atom. The SMILES string of the molecule is O=C(O)C1CCCN1Cc1cc(=O)c(O)cn1C1CCCC1. The lowest BCUT2D eigenvalue weighted by atomic mass is 10.2. The highest BCUT2D eigenvalue weighted by atomic mass is 16.4. The molecule has 1 unspecified atom stereocenters. The van der Waals surface area contributed by atoms with Crippen molar-refractivity contribution in [2.45, 2.75) is 57.2 Å². The molecule has 22 heavy (non-hydrogen) atoms. The van der Waals surface area contributed by atoms with Crippen LogP contribution >= 0.6 is 0 Å². The molecule has 1 aliphatic heterocycles. The summed E-state index contributed by atoms with van der Waals surface area (Å²) in [6.07, 6.45) is 7.43. The lowest BCUT2D eigenvalue weighted by Gasteiger charge is -2.26. The van der Waals surface area contributed by atoms with Gasteiger partial charge < -0.3 is 14.8 Å². The van der Waals surface area contributed by atoms with Crippen LogP contribution in [0, 0.1) is 0 Å². The van der Waals surface area contributed by atoms with Crippen LogP contribution in [0.5, 0.6) is 5.75 Å². The Labute approximate surface area is 129 Å². The predicted octanol–water partition coefficient (Wildman–Crippen LogP) is 1.72. The number of hydrogen-bond donors (Lipinski definition) is 2. The number of pyridine rings is 1. The van der Waals surface area contributed by atoms with Crippen molar-refractivity contribution in [1.82, 2.24) is 9.47 Å². The van der Waals surface area contributed by atoms with E-state index >= 15 is 0 Å². The molecule has 2 aliphatic rings. The van der Waals surface area contributed by atoms with Gasteiger partial charge in [-0.2, -0.15) is 0 Å². The number of nitrogens with zero attached hydrogens (tertiary/aromatic N) is 2. The molecule has 1 aromatic rings. The smallest absolute Gasteiger partial charge is 0.320 e. The molecule has 1 atom stereocenters. The minimum atomic E-state index is -0.800. The van der Waals surface area contributed by atoms with Crippen molar-refractivity contribution < 1.29 is 15.0 Å². The van der Waals surface area contributed by atoms with Gasteiger partial charge >= 0.3 is 5.97 Å². The van der Waals surface area contributed by atoms with Crippen LogP contribution in [0.1, 0.15) is 50.3 Å². The van der Waals surface area contributed by atoms with E-state index in [0.717, 1.165) is 44.3 Å². The summed E-state index contributed by atoms with van der Waals surface area (Å²) in [7, 11) is 0. The van der Waals surface area contributed by atoms with E-state index in [-0.39, 0.29) is 5.75 Å². The molecular weight excluding hydrogens is 284 g/mol. The van der Waals surface area contributed by atoms with Gasteiger partial charge in [0.25, 0.3) is 0 Å². The highest BCUT2D eigenvalue weighted by Crippen LogP contribution is 2.31. The molecule has 0 bridgehead atoms. The summed E-state index contributed by atoms with van der Waals surface area (Å²) in [5.74, 6) is -1.03. The molecular formula is C16H22N2O4. The van der Waals surface area contributed by atoms with Gasteiger partial charge in [-0.15, -0.1) is 0 Å². The topological polar surface area (TPSA) is 82.8 Å². The second kappa shape index (κ2) is 6.12. The Hall–Kier alpha value is -1.82. The molecule has 2 fully saturated rings. The van der Waals surface area contributed by atoms with Crippen LogP contribution in [0.3, 0.4) is 0 Å². The summed E-state index contributed by atoms with van der Waals surface area (Å²) < 4.78 is 1.99. The maximum atomic E-state index is 11.8. The molecule has 120 valence electrons. The van der Waals surface area contributed by atoms with Crippen molar-refractivity contribution in [3.63, 3.8) is 0 Å². The minimum Gasteiger partial charge on any atom is -0.503 e. The molecule has 0 aromatic carbocycles. The Bertz CT molecular complexity index is 619. The third-order valence-corrected chi connectivity index (χ3v) is 4.88. The minimum absolute atomic E-state index is 0.230. The maximum absolute atomic E-state index is 11.8. The third-order valence-electron chi connectivity index (χ3n) is 4.88. The average Bonchev–Trinajstić information content (AvgIpc) is 3.13. The maximum Gasteiger partial charge on any atom is 0.320 e. The van der Waals surface area contributed by atoms with E-state index in [1.165, 1.54) is 12.3 Å². The fourth-order valence-corrected chi connectivity index (χ4v) is 3.73. The molecule has 0 radical (unpaired) electrons. The van der Waals surface area contributed by atoms with Crippen LogP contribution in [0.4, 0.5) is 0 Å². The highest BCUT2D eigenvalue weighted by molar-refractivity contribution is 5.73. The zero-order valence-electron chi connectivity index (χ0n) is 12.6. The molecule has 1 saturated carbocycles. The van der Waals surface area contributed by atoms with E-state index in [4.69, 9.17) is 0 Å². The van der Waals surface area contributed by atoms with Gasteiger partial charge in [-0.1, -0.05) is 12.8 Å². The number of carbonyl (C=O) groups is 1. The summed E-state index contributed by atoms with van der Waals surface area (Å²) in [6, 6.07) is 1.29. The number of aromatic nitrogens is 1. The average molecular weight is 306 g/mol. The van der Waals surface area contributed by atoms with Gasteiger partial charge in [-0.3, -0.25) is 14.5 Å². The van der Waals surface area contributed by atoms with E-state index in [0.29, 0.717) is 19.0 Å². The van der Waals surface area contributed by atoms with Gasteiger partial charge in [0.1, 0.15) is 6.04 Å². The molecule has 6 heteroatoms. The van der Waals surface area contributed by atoms with Crippen LogP contribution in [-0.4, -0.2) is 38.2 Å². The van der Waals surface area contributed by atoms with Crippen molar-refractivity contribution in [2.75, 3.05) is 6.54 Å². The molecule has 1 aromatic heterocycles. The van der Waals surface area contributed by atoms with E-state index in [2.05, 4.69) is 0 Å². The number of aromatic hydroxyl groups is 1. The first kappa shape index (κ1) is 15.1. The molecule has 0 spiro atoms. The van der Waals surface area contributed by atoms with Crippen molar-refractivity contribution in [2.24, 2.45) is 0 Å². The number of rotatable bonds is 4. The van der Waals surface area contributed by atoms with Gasteiger partial charge in [0.2, 0.25) is 5.43 Å². The van der Waals surface area contributed by atoms with E-state index in [9.17, 15) is 19.8 Å². The van der Waals surface area contributed by atoms with Crippen LogP contribution in [0.25, 0.3) is 0 Å². The molecule has 2 N–H and O–H groups in total. The normalized spacial score (nSPS) is 23.2. The number of aliphatic carboxylic acids is 1. The quantitative estimate of drug-likeness (QED) is 0.885. The van der Waals surface area contributed by atoms with Gasteiger partial charge in [0.05, 0.1) is 6.20 Å². The largest absolute Gasteiger partial charge is 0.503 e. The third kappa shape index (κ3) is 2.88. The van der Waals surface area contributed by atoms with Crippen molar-refractivity contribution >= 4 is 5.97 Å². The van der Waals surface area contributed by atoms with Crippen molar-refractivity contribution in [1.29, 1.82) is 0 Å². The molecule has 1 saturated heterocycles.